The van der Waals surface area contributed by atoms with Gasteiger partial charge in [0, 0.05) is 16.7 Å². The van der Waals surface area contributed by atoms with Gasteiger partial charge in [-0.15, -0.1) is 11.3 Å². The van der Waals surface area contributed by atoms with Crippen LogP contribution in [-0.2, 0) is 0 Å². The summed E-state index contributed by atoms with van der Waals surface area (Å²) in [6, 6.07) is 8.49. The van der Waals surface area contributed by atoms with Crippen LogP contribution in [0.2, 0.25) is 0 Å². The van der Waals surface area contributed by atoms with Crippen molar-refractivity contribution >= 4 is 22.7 Å². The molecule has 22 heavy (non-hydrogen) atoms. The van der Waals surface area contributed by atoms with Crippen molar-refractivity contribution in [3.8, 4) is 11.3 Å². The molecule has 1 N–H and O–H groups in total. The molecule has 0 saturated heterocycles. The molecule has 114 valence electrons. The lowest BCUT2D eigenvalue weighted by molar-refractivity contribution is 0.627. The molecule has 0 bridgehead atoms. The van der Waals surface area contributed by atoms with E-state index in [0.29, 0.717) is 5.92 Å². The maximum absolute atomic E-state index is 4.67. The zero-order chi connectivity index (χ0) is 15.4. The number of hydrogen-bond acceptors (Lipinski definition) is 4. The number of hydrazone groups is 1. The molecule has 0 fully saturated rings. The first-order valence-electron chi connectivity index (χ1n) is 7.71. The second-order valence-electron chi connectivity index (χ2n) is 5.72. The van der Waals surface area contributed by atoms with Crippen LogP contribution in [0.5, 0.6) is 0 Å². The monoisotopic (exact) mass is 311 g/mol. The van der Waals surface area contributed by atoms with Gasteiger partial charge in [-0.25, -0.2) is 4.98 Å². The highest BCUT2D eigenvalue weighted by Crippen LogP contribution is 2.30. The van der Waals surface area contributed by atoms with Gasteiger partial charge in [0.05, 0.1) is 5.69 Å². The summed E-state index contributed by atoms with van der Waals surface area (Å²) in [5.41, 5.74) is 6.56. The molecule has 3 rings (SSSR count). The van der Waals surface area contributed by atoms with Crippen LogP contribution in [0.15, 0.2) is 41.5 Å². The molecule has 3 nitrogen and oxygen atoms in total. The summed E-state index contributed by atoms with van der Waals surface area (Å²) in [6.45, 7) is 4.20. The Labute approximate surface area is 135 Å². The first-order chi connectivity index (χ1) is 10.7. The smallest absolute Gasteiger partial charge is 0.204 e. The van der Waals surface area contributed by atoms with Crippen molar-refractivity contribution in [2.75, 3.05) is 5.43 Å². The molecule has 0 amide bonds. The van der Waals surface area contributed by atoms with Crippen LogP contribution in [0.4, 0.5) is 5.13 Å². The lowest BCUT2D eigenvalue weighted by atomic mass is 9.96. The summed E-state index contributed by atoms with van der Waals surface area (Å²) in [5.74, 6) is 0.551. The van der Waals surface area contributed by atoms with Crippen LogP contribution in [0.3, 0.4) is 0 Å². The zero-order valence-electron chi connectivity index (χ0n) is 13.0. The first kappa shape index (κ1) is 15.0. The lowest BCUT2D eigenvalue weighted by Crippen LogP contribution is -2.04. The van der Waals surface area contributed by atoms with Gasteiger partial charge in [0.2, 0.25) is 5.13 Å². The number of hydrogen-bond donors (Lipinski definition) is 1. The number of allylic oxidation sites excluding steroid dienone is 2. The van der Waals surface area contributed by atoms with Crippen LogP contribution in [0, 0.1) is 19.8 Å². The van der Waals surface area contributed by atoms with Crippen LogP contribution in [-0.4, -0.2) is 11.2 Å². The standard InChI is InChI=1S/C18H21N3S/c1-13-8-10-16(11-9-13)17-14(2)22-18(20-17)21-19-12-15-6-4-3-5-7-15/h3-4,8-12,15H,5-7H2,1-2H3,(H,20,21)/b19-12+. The zero-order valence-corrected chi connectivity index (χ0v) is 13.9. The molecule has 1 atom stereocenters. The third-order valence-electron chi connectivity index (χ3n) is 3.88. The van der Waals surface area contributed by atoms with Crippen molar-refractivity contribution in [1.82, 2.24) is 4.98 Å². The Kier molecular flexibility index (Phi) is 4.68. The van der Waals surface area contributed by atoms with Crippen molar-refractivity contribution in [1.29, 1.82) is 0 Å². The van der Waals surface area contributed by atoms with Crippen molar-refractivity contribution in [3.63, 3.8) is 0 Å². The van der Waals surface area contributed by atoms with E-state index in [1.807, 2.05) is 6.21 Å². The number of thiazole rings is 1. The first-order valence-corrected chi connectivity index (χ1v) is 8.52. The van der Waals surface area contributed by atoms with Gasteiger partial charge >= 0.3 is 0 Å². The quantitative estimate of drug-likeness (QED) is 0.480. The van der Waals surface area contributed by atoms with Crippen molar-refractivity contribution in [2.24, 2.45) is 11.0 Å². The number of anilines is 1. The minimum atomic E-state index is 0.551. The fraction of sp³-hybridized carbons (Fsp3) is 0.333. The van der Waals surface area contributed by atoms with Gasteiger partial charge in [-0.1, -0.05) is 42.0 Å². The van der Waals surface area contributed by atoms with E-state index < -0.39 is 0 Å². The SMILES string of the molecule is Cc1ccc(-c2nc(N/N=C/C3CC=CCC3)sc2C)cc1. The predicted octanol–water partition coefficient (Wildman–Crippen LogP) is 5.18. The number of benzene rings is 1. The van der Waals surface area contributed by atoms with Crippen molar-refractivity contribution < 1.29 is 0 Å². The van der Waals surface area contributed by atoms with Crippen LogP contribution >= 0.6 is 11.3 Å². The molecule has 4 heteroatoms. The highest BCUT2D eigenvalue weighted by Gasteiger charge is 2.10. The van der Waals surface area contributed by atoms with Crippen molar-refractivity contribution in [2.45, 2.75) is 33.1 Å². The van der Waals surface area contributed by atoms with E-state index in [1.165, 1.54) is 16.9 Å². The van der Waals surface area contributed by atoms with E-state index in [-0.39, 0.29) is 0 Å². The average molecular weight is 311 g/mol. The molecule has 1 aliphatic rings. The van der Waals surface area contributed by atoms with Crippen LogP contribution < -0.4 is 5.43 Å². The summed E-state index contributed by atoms with van der Waals surface area (Å²) in [6.07, 6.45) is 9.94. The van der Waals surface area contributed by atoms with Gasteiger partial charge in [0.15, 0.2) is 0 Å². The number of aromatic nitrogens is 1. The Hall–Kier alpha value is -1.94. The topological polar surface area (TPSA) is 37.3 Å². The summed E-state index contributed by atoms with van der Waals surface area (Å²) in [4.78, 5) is 5.88. The molecule has 1 heterocycles. The Balaban J connectivity index is 1.68. The molecule has 0 spiro atoms. The van der Waals surface area contributed by atoms with Gasteiger partial charge in [-0.3, -0.25) is 5.43 Å². The van der Waals surface area contributed by atoms with Gasteiger partial charge in [-0.2, -0.15) is 5.10 Å². The average Bonchev–Trinajstić information content (AvgIpc) is 2.90. The molecule has 0 saturated carbocycles. The van der Waals surface area contributed by atoms with Crippen LogP contribution in [0.1, 0.15) is 29.7 Å². The summed E-state index contributed by atoms with van der Waals surface area (Å²) in [5, 5.41) is 5.22. The highest BCUT2D eigenvalue weighted by atomic mass is 32.1. The van der Waals surface area contributed by atoms with E-state index >= 15 is 0 Å². The van der Waals surface area contributed by atoms with E-state index in [1.54, 1.807) is 11.3 Å². The maximum Gasteiger partial charge on any atom is 0.204 e. The molecule has 0 aliphatic heterocycles. The Bertz CT molecular complexity index is 683. The van der Waals surface area contributed by atoms with Gasteiger partial charge in [-0.05, 0) is 39.0 Å². The molecule has 1 aromatic heterocycles. The van der Waals surface area contributed by atoms with E-state index in [2.05, 4.69) is 65.8 Å². The molecule has 2 aromatic rings. The number of nitrogens with zero attached hydrogens (tertiary/aromatic N) is 2. The minimum absolute atomic E-state index is 0.551. The number of nitrogens with one attached hydrogen (secondary N) is 1. The number of aryl methyl sites for hydroxylation is 2. The minimum Gasteiger partial charge on any atom is -0.253 e. The van der Waals surface area contributed by atoms with Gasteiger partial charge in [0.1, 0.15) is 0 Å². The molecule has 1 unspecified atom stereocenters. The molecule has 1 aliphatic carbocycles. The molecule has 0 radical (unpaired) electrons. The third-order valence-corrected chi connectivity index (χ3v) is 4.75. The van der Waals surface area contributed by atoms with Gasteiger partial charge < -0.3 is 0 Å². The normalized spacial score (nSPS) is 18.0. The largest absolute Gasteiger partial charge is 0.253 e. The van der Waals surface area contributed by atoms with E-state index in [9.17, 15) is 0 Å². The fourth-order valence-electron chi connectivity index (χ4n) is 2.57. The molecular formula is C18H21N3S. The van der Waals surface area contributed by atoms with E-state index in [4.69, 9.17) is 0 Å². The lowest BCUT2D eigenvalue weighted by Gasteiger charge is -2.11. The Morgan fingerprint density at radius 1 is 1.23 bits per heavy atom. The second-order valence-corrected chi connectivity index (χ2v) is 6.93. The predicted molar refractivity (Wildman–Crippen MR) is 95.6 cm³/mol. The van der Waals surface area contributed by atoms with Gasteiger partial charge in [0.25, 0.3) is 0 Å². The summed E-state index contributed by atoms with van der Waals surface area (Å²) >= 11 is 1.65. The Morgan fingerprint density at radius 3 is 2.77 bits per heavy atom. The fourth-order valence-corrected chi connectivity index (χ4v) is 3.36. The second kappa shape index (κ2) is 6.88. The Morgan fingerprint density at radius 2 is 2.05 bits per heavy atom. The van der Waals surface area contributed by atoms with E-state index in [0.717, 1.165) is 29.2 Å². The molecule has 1 aromatic carbocycles. The highest BCUT2D eigenvalue weighted by molar-refractivity contribution is 7.15. The summed E-state index contributed by atoms with van der Waals surface area (Å²) < 4.78 is 0. The molecular weight excluding hydrogens is 290 g/mol. The van der Waals surface area contributed by atoms with Crippen LogP contribution in [0.25, 0.3) is 11.3 Å². The summed E-state index contributed by atoms with van der Waals surface area (Å²) in [7, 11) is 0. The number of rotatable bonds is 4. The maximum atomic E-state index is 4.67. The third kappa shape index (κ3) is 3.63. The van der Waals surface area contributed by atoms with Crippen molar-refractivity contribution in [3.05, 3.63) is 46.9 Å².